The number of rotatable bonds is 2. The Kier molecular flexibility index (Phi) is 4.46. The summed E-state index contributed by atoms with van der Waals surface area (Å²) in [6.07, 6.45) is 1.95. The topological polar surface area (TPSA) is 82.8 Å². The first-order valence-electron chi connectivity index (χ1n) is 4.95. The zero-order chi connectivity index (χ0) is 11.6. The minimum absolute atomic E-state index is 0. The molecule has 17 heavy (non-hydrogen) atoms. The quantitative estimate of drug-likeness (QED) is 0.849. The van der Waals surface area contributed by atoms with Crippen LogP contribution < -0.4 is 5.32 Å². The van der Waals surface area contributed by atoms with E-state index in [1.807, 2.05) is 6.07 Å². The molecule has 5 nitrogen and oxygen atoms in total. The van der Waals surface area contributed by atoms with E-state index >= 15 is 0 Å². The molecule has 1 aromatic heterocycles. The van der Waals surface area contributed by atoms with Crippen LogP contribution in [0.1, 0.15) is 12.0 Å². The van der Waals surface area contributed by atoms with Gasteiger partial charge in [0.05, 0.1) is 16.9 Å². The first kappa shape index (κ1) is 13.9. The number of nitrogens with one attached hydrogen (secondary N) is 1. The molecule has 2 heterocycles. The SMILES string of the molecule is Cl.N#Cc1ccnc(S(=O)(=O)[C@@H]2CCNC2)c1. The molecule has 0 amide bonds. The van der Waals surface area contributed by atoms with Crippen molar-refractivity contribution in [3.05, 3.63) is 23.9 Å². The van der Waals surface area contributed by atoms with Crippen molar-refractivity contribution in [2.75, 3.05) is 13.1 Å². The third-order valence-electron chi connectivity index (χ3n) is 2.61. The normalized spacial score (nSPS) is 19.4. The molecule has 0 spiro atoms. The minimum Gasteiger partial charge on any atom is -0.315 e. The van der Waals surface area contributed by atoms with Gasteiger partial charge in [-0.2, -0.15) is 5.26 Å². The molecular weight excluding hydrogens is 262 g/mol. The van der Waals surface area contributed by atoms with Gasteiger partial charge in [0.25, 0.3) is 0 Å². The molecule has 1 N–H and O–H groups in total. The maximum Gasteiger partial charge on any atom is 0.199 e. The summed E-state index contributed by atoms with van der Waals surface area (Å²) >= 11 is 0. The van der Waals surface area contributed by atoms with E-state index in [1.54, 1.807) is 0 Å². The summed E-state index contributed by atoms with van der Waals surface area (Å²) in [5.41, 5.74) is 0.319. The van der Waals surface area contributed by atoms with Crippen LogP contribution in [-0.2, 0) is 9.84 Å². The molecule has 0 radical (unpaired) electrons. The smallest absolute Gasteiger partial charge is 0.199 e. The fraction of sp³-hybridized carbons (Fsp3) is 0.400. The number of sulfone groups is 1. The first-order chi connectivity index (χ1) is 7.64. The maximum atomic E-state index is 12.1. The first-order valence-corrected chi connectivity index (χ1v) is 6.50. The van der Waals surface area contributed by atoms with Crippen LogP contribution in [0, 0.1) is 11.3 Å². The molecule has 0 unspecified atom stereocenters. The van der Waals surface area contributed by atoms with Crippen LogP contribution in [0.15, 0.2) is 23.4 Å². The molecule has 7 heteroatoms. The summed E-state index contributed by atoms with van der Waals surface area (Å²) in [5, 5.41) is 11.3. The van der Waals surface area contributed by atoms with Crippen molar-refractivity contribution >= 4 is 22.2 Å². The zero-order valence-electron chi connectivity index (χ0n) is 8.96. The molecule has 92 valence electrons. The summed E-state index contributed by atoms with van der Waals surface area (Å²) < 4.78 is 24.2. The molecule has 1 saturated heterocycles. The standard InChI is InChI=1S/C10H11N3O2S.ClH/c11-6-8-1-4-13-10(5-8)16(14,15)9-2-3-12-7-9;/h1,4-5,9,12H,2-3,7H2;1H/t9-;/m1./s1. The lowest BCUT2D eigenvalue weighted by Gasteiger charge is -2.09. The Morgan fingerprint density at radius 3 is 2.88 bits per heavy atom. The van der Waals surface area contributed by atoms with Crippen LogP contribution in [0.25, 0.3) is 0 Å². The number of nitriles is 1. The van der Waals surface area contributed by atoms with Gasteiger partial charge in [-0.05, 0) is 25.1 Å². The molecule has 1 atom stereocenters. The van der Waals surface area contributed by atoms with Gasteiger partial charge < -0.3 is 5.32 Å². The van der Waals surface area contributed by atoms with Crippen molar-refractivity contribution in [2.24, 2.45) is 0 Å². The van der Waals surface area contributed by atoms with Crippen molar-refractivity contribution in [1.82, 2.24) is 10.3 Å². The molecule has 1 aromatic rings. The van der Waals surface area contributed by atoms with E-state index in [0.717, 1.165) is 0 Å². The molecular formula is C10H12ClN3O2S. The molecule has 1 aliphatic heterocycles. The van der Waals surface area contributed by atoms with E-state index < -0.39 is 15.1 Å². The second-order valence-corrected chi connectivity index (χ2v) is 5.83. The van der Waals surface area contributed by atoms with E-state index in [4.69, 9.17) is 5.26 Å². The largest absolute Gasteiger partial charge is 0.315 e. The highest BCUT2D eigenvalue weighted by molar-refractivity contribution is 7.92. The fourth-order valence-corrected chi connectivity index (χ4v) is 3.30. The van der Waals surface area contributed by atoms with Gasteiger partial charge in [0.2, 0.25) is 0 Å². The fourth-order valence-electron chi connectivity index (χ4n) is 1.70. The predicted octanol–water partition coefficient (Wildman–Crippen LogP) is 0.511. The molecule has 0 aromatic carbocycles. The van der Waals surface area contributed by atoms with E-state index in [-0.39, 0.29) is 17.4 Å². The Bertz CT molecular complexity index is 533. The van der Waals surface area contributed by atoms with Gasteiger partial charge in [0.1, 0.15) is 0 Å². The van der Waals surface area contributed by atoms with Gasteiger partial charge >= 0.3 is 0 Å². The number of hydrogen-bond acceptors (Lipinski definition) is 5. The number of halogens is 1. The molecule has 0 bridgehead atoms. The predicted molar refractivity (Wildman–Crippen MR) is 64.7 cm³/mol. The lowest BCUT2D eigenvalue weighted by atomic mass is 10.3. The monoisotopic (exact) mass is 273 g/mol. The van der Waals surface area contributed by atoms with Crippen molar-refractivity contribution in [3.63, 3.8) is 0 Å². The van der Waals surface area contributed by atoms with Crippen LogP contribution in [0.3, 0.4) is 0 Å². The van der Waals surface area contributed by atoms with Gasteiger partial charge in [0, 0.05) is 12.7 Å². The Morgan fingerprint density at radius 2 is 2.29 bits per heavy atom. The van der Waals surface area contributed by atoms with Crippen molar-refractivity contribution in [1.29, 1.82) is 5.26 Å². The molecule has 2 rings (SSSR count). The van der Waals surface area contributed by atoms with Crippen LogP contribution in [-0.4, -0.2) is 31.7 Å². The number of pyridine rings is 1. The van der Waals surface area contributed by atoms with E-state index in [2.05, 4.69) is 10.3 Å². The second kappa shape index (κ2) is 5.45. The summed E-state index contributed by atoms with van der Waals surface area (Å²) in [6.45, 7) is 1.17. The van der Waals surface area contributed by atoms with Crippen molar-refractivity contribution < 1.29 is 8.42 Å². The van der Waals surface area contributed by atoms with Crippen LogP contribution >= 0.6 is 12.4 Å². The molecule has 0 saturated carbocycles. The molecule has 0 aliphatic carbocycles. The highest BCUT2D eigenvalue weighted by Crippen LogP contribution is 2.18. The van der Waals surface area contributed by atoms with Gasteiger partial charge in [0.15, 0.2) is 14.9 Å². The van der Waals surface area contributed by atoms with Crippen LogP contribution in [0.2, 0.25) is 0 Å². The van der Waals surface area contributed by atoms with Gasteiger partial charge in [-0.15, -0.1) is 12.4 Å². The lowest BCUT2D eigenvalue weighted by Crippen LogP contribution is -2.24. The number of hydrogen-bond donors (Lipinski definition) is 1. The van der Waals surface area contributed by atoms with Crippen molar-refractivity contribution in [3.8, 4) is 6.07 Å². The highest BCUT2D eigenvalue weighted by atomic mass is 35.5. The summed E-state index contributed by atoms with van der Waals surface area (Å²) in [5.74, 6) is 0. The zero-order valence-corrected chi connectivity index (χ0v) is 10.6. The van der Waals surface area contributed by atoms with Gasteiger partial charge in [-0.1, -0.05) is 0 Å². The number of nitrogens with zero attached hydrogens (tertiary/aromatic N) is 2. The Labute approximate surface area is 106 Å². The third-order valence-corrected chi connectivity index (χ3v) is 4.70. The number of aromatic nitrogens is 1. The molecule has 1 fully saturated rings. The summed E-state index contributed by atoms with van der Waals surface area (Å²) in [7, 11) is -3.40. The average molecular weight is 274 g/mol. The highest BCUT2D eigenvalue weighted by Gasteiger charge is 2.31. The van der Waals surface area contributed by atoms with E-state index in [1.165, 1.54) is 18.3 Å². The minimum atomic E-state index is -3.40. The lowest BCUT2D eigenvalue weighted by molar-refractivity contribution is 0.579. The average Bonchev–Trinajstić information content (AvgIpc) is 2.83. The summed E-state index contributed by atoms with van der Waals surface area (Å²) in [4.78, 5) is 3.84. The Morgan fingerprint density at radius 1 is 1.53 bits per heavy atom. The van der Waals surface area contributed by atoms with E-state index in [0.29, 0.717) is 25.1 Å². The Balaban J connectivity index is 0.00000144. The second-order valence-electron chi connectivity index (χ2n) is 3.65. The third kappa shape index (κ3) is 2.75. The van der Waals surface area contributed by atoms with Crippen molar-refractivity contribution in [2.45, 2.75) is 16.7 Å². The molecule has 1 aliphatic rings. The summed E-state index contributed by atoms with van der Waals surface area (Å²) in [6, 6.07) is 4.73. The Hall–Kier alpha value is -1.16. The maximum absolute atomic E-state index is 12.1. The van der Waals surface area contributed by atoms with Gasteiger partial charge in [-0.3, -0.25) is 0 Å². The van der Waals surface area contributed by atoms with E-state index in [9.17, 15) is 8.42 Å². The van der Waals surface area contributed by atoms with Crippen LogP contribution in [0.4, 0.5) is 0 Å². The van der Waals surface area contributed by atoms with Crippen LogP contribution in [0.5, 0.6) is 0 Å². The van der Waals surface area contributed by atoms with Gasteiger partial charge in [-0.25, -0.2) is 13.4 Å².